The molecular formula is C28H45NO4. The van der Waals surface area contributed by atoms with Gasteiger partial charge < -0.3 is 14.2 Å². The summed E-state index contributed by atoms with van der Waals surface area (Å²) in [6.45, 7) is 12.3. The molecule has 0 aromatic heterocycles. The molecule has 0 radical (unpaired) electrons. The minimum atomic E-state index is -0.0691. The lowest BCUT2D eigenvalue weighted by Gasteiger charge is -2.63. The summed E-state index contributed by atoms with van der Waals surface area (Å²) in [6.07, 6.45) is 13.3. The molecular weight excluding hydrogens is 414 g/mol. The molecule has 5 heteroatoms. The van der Waals surface area contributed by atoms with Crippen molar-refractivity contribution in [2.45, 2.75) is 103 Å². The third-order valence-corrected chi connectivity index (χ3v) is 10.5. The fraction of sp³-hybridized carbons (Fsp3) is 0.893. The number of ether oxygens (including phenoxy) is 3. The highest BCUT2D eigenvalue weighted by Crippen LogP contribution is 2.63. The molecule has 5 aliphatic rings. The zero-order valence-corrected chi connectivity index (χ0v) is 21.2. The van der Waals surface area contributed by atoms with Crippen LogP contribution in [0, 0.1) is 28.6 Å². The number of hydrogen-bond acceptors (Lipinski definition) is 5. The highest BCUT2D eigenvalue weighted by molar-refractivity contribution is 5.75. The molecule has 2 saturated heterocycles. The number of rotatable bonds is 5. The van der Waals surface area contributed by atoms with E-state index in [9.17, 15) is 4.79 Å². The number of carbonyl (C=O) groups is 1. The third-order valence-electron chi connectivity index (χ3n) is 10.5. The molecule has 186 valence electrons. The van der Waals surface area contributed by atoms with E-state index in [1.54, 1.807) is 0 Å². The van der Waals surface area contributed by atoms with Gasteiger partial charge in [-0.1, -0.05) is 38.8 Å². The monoisotopic (exact) mass is 459 g/mol. The summed E-state index contributed by atoms with van der Waals surface area (Å²) < 4.78 is 18.3. The van der Waals surface area contributed by atoms with E-state index in [0.717, 1.165) is 51.8 Å². The molecule has 7 atom stereocenters. The summed E-state index contributed by atoms with van der Waals surface area (Å²) in [5, 5.41) is 0. The average Bonchev–Trinajstić information content (AvgIpc) is 3.50. The first-order valence-electron chi connectivity index (χ1n) is 13.6. The molecule has 2 aliphatic heterocycles. The minimum Gasteiger partial charge on any atom is -0.468 e. The molecule has 33 heavy (non-hydrogen) atoms. The van der Waals surface area contributed by atoms with Crippen molar-refractivity contribution in [1.29, 1.82) is 0 Å². The van der Waals surface area contributed by atoms with E-state index >= 15 is 0 Å². The van der Waals surface area contributed by atoms with Gasteiger partial charge in [-0.3, -0.25) is 9.69 Å². The predicted octanol–water partition coefficient (Wildman–Crippen LogP) is 5.33. The van der Waals surface area contributed by atoms with Crippen molar-refractivity contribution in [2.75, 3.05) is 26.8 Å². The normalized spacial score (nSPS) is 44.5. The number of esters is 1. The lowest BCUT2D eigenvalue weighted by Crippen LogP contribution is -2.62. The first-order valence-corrected chi connectivity index (χ1v) is 13.6. The van der Waals surface area contributed by atoms with E-state index in [-0.39, 0.29) is 29.1 Å². The fourth-order valence-electron chi connectivity index (χ4n) is 8.65. The van der Waals surface area contributed by atoms with Crippen LogP contribution in [0.4, 0.5) is 0 Å². The molecule has 0 spiro atoms. The lowest BCUT2D eigenvalue weighted by atomic mass is 9.46. The van der Waals surface area contributed by atoms with Crippen LogP contribution in [-0.2, 0) is 19.0 Å². The lowest BCUT2D eigenvalue weighted by molar-refractivity contribution is -0.316. The van der Waals surface area contributed by atoms with Gasteiger partial charge in [-0.15, -0.1) is 0 Å². The van der Waals surface area contributed by atoms with E-state index in [1.807, 2.05) is 0 Å². The van der Waals surface area contributed by atoms with Crippen LogP contribution in [0.25, 0.3) is 0 Å². The van der Waals surface area contributed by atoms with Crippen molar-refractivity contribution >= 4 is 5.97 Å². The van der Waals surface area contributed by atoms with Crippen molar-refractivity contribution in [3.63, 3.8) is 0 Å². The molecule has 0 bridgehead atoms. The molecule has 3 aliphatic carbocycles. The fourth-order valence-corrected chi connectivity index (χ4v) is 8.65. The van der Waals surface area contributed by atoms with Gasteiger partial charge >= 0.3 is 5.97 Å². The summed E-state index contributed by atoms with van der Waals surface area (Å²) in [4.78, 5) is 14.6. The van der Waals surface area contributed by atoms with Crippen LogP contribution in [0.1, 0.15) is 84.5 Å². The molecule has 0 N–H and O–H groups in total. The molecule has 5 nitrogen and oxygen atoms in total. The SMILES string of the molecule is C=C1CCC2[C@]3(C)CO[C@@H](C4CCCC4)O[C@@H]3CC[C@@]2(C)[C@@H]1CCN1CCC[C@H]1C(=O)OC. The molecule has 3 saturated carbocycles. The second kappa shape index (κ2) is 9.28. The Morgan fingerprint density at radius 2 is 1.91 bits per heavy atom. The van der Waals surface area contributed by atoms with Gasteiger partial charge in [-0.25, -0.2) is 0 Å². The van der Waals surface area contributed by atoms with Crippen molar-refractivity contribution in [3.8, 4) is 0 Å². The quantitative estimate of drug-likeness (QED) is 0.411. The largest absolute Gasteiger partial charge is 0.468 e. The maximum atomic E-state index is 12.2. The summed E-state index contributed by atoms with van der Waals surface area (Å²) >= 11 is 0. The molecule has 2 heterocycles. The molecule has 0 amide bonds. The van der Waals surface area contributed by atoms with Gasteiger partial charge in [-0.2, -0.15) is 0 Å². The van der Waals surface area contributed by atoms with Crippen LogP contribution in [0.5, 0.6) is 0 Å². The second-order valence-corrected chi connectivity index (χ2v) is 12.2. The van der Waals surface area contributed by atoms with Gasteiger partial charge in [-0.05, 0) is 88.1 Å². The highest BCUT2D eigenvalue weighted by Gasteiger charge is 2.60. The first-order chi connectivity index (χ1) is 15.9. The number of hydrogen-bond donors (Lipinski definition) is 0. The van der Waals surface area contributed by atoms with Crippen LogP contribution < -0.4 is 0 Å². The van der Waals surface area contributed by atoms with Gasteiger partial charge in [0, 0.05) is 11.3 Å². The van der Waals surface area contributed by atoms with Crippen LogP contribution >= 0.6 is 0 Å². The van der Waals surface area contributed by atoms with E-state index < -0.39 is 0 Å². The maximum Gasteiger partial charge on any atom is 0.323 e. The Kier molecular flexibility index (Phi) is 6.69. The van der Waals surface area contributed by atoms with Crippen molar-refractivity contribution in [1.82, 2.24) is 4.90 Å². The Morgan fingerprint density at radius 1 is 1.12 bits per heavy atom. The van der Waals surface area contributed by atoms with E-state index in [1.165, 1.54) is 51.2 Å². The number of methoxy groups -OCH3 is 1. The summed E-state index contributed by atoms with van der Waals surface area (Å²) in [7, 11) is 1.51. The summed E-state index contributed by atoms with van der Waals surface area (Å²) in [5.74, 6) is 1.63. The average molecular weight is 460 g/mol. The van der Waals surface area contributed by atoms with Gasteiger partial charge in [0.25, 0.3) is 0 Å². The van der Waals surface area contributed by atoms with Crippen LogP contribution in [-0.4, -0.2) is 56.1 Å². The first kappa shape index (κ1) is 23.8. The molecule has 0 aromatic carbocycles. The zero-order valence-electron chi connectivity index (χ0n) is 21.2. The minimum absolute atomic E-state index is 0.0229. The van der Waals surface area contributed by atoms with Crippen LogP contribution in [0.2, 0.25) is 0 Å². The number of carbonyl (C=O) groups excluding carboxylic acids is 1. The molecule has 0 aromatic rings. The Morgan fingerprint density at radius 3 is 2.67 bits per heavy atom. The van der Waals surface area contributed by atoms with Crippen LogP contribution in [0.3, 0.4) is 0 Å². The molecule has 5 rings (SSSR count). The van der Waals surface area contributed by atoms with Crippen molar-refractivity contribution < 1.29 is 19.0 Å². The highest BCUT2D eigenvalue weighted by atomic mass is 16.7. The van der Waals surface area contributed by atoms with E-state index in [0.29, 0.717) is 23.9 Å². The summed E-state index contributed by atoms with van der Waals surface area (Å²) in [5.41, 5.74) is 1.74. The van der Waals surface area contributed by atoms with E-state index in [4.69, 9.17) is 14.2 Å². The smallest absolute Gasteiger partial charge is 0.323 e. The Hall–Kier alpha value is -0.910. The van der Waals surface area contributed by atoms with Gasteiger partial charge in [0.1, 0.15) is 6.04 Å². The van der Waals surface area contributed by atoms with Crippen molar-refractivity contribution in [2.24, 2.45) is 28.6 Å². The van der Waals surface area contributed by atoms with Crippen LogP contribution in [0.15, 0.2) is 12.2 Å². The topological polar surface area (TPSA) is 48.0 Å². The summed E-state index contributed by atoms with van der Waals surface area (Å²) in [6, 6.07) is -0.0589. The standard InChI is InChI=1S/C28H45NO4/c1-19-11-12-23-27(2,21(19)14-17-29-16-7-10-22(29)25(30)31-4)15-13-24-28(23,3)18-32-26(33-24)20-8-5-6-9-20/h20-24,26H,1,5-18H2,2-4H3/t21-,22+,23?,24-,26-,27+,28+/m1/s1. The van der Waals surface area contributed by atoms with Gasteiger partial charge in [0.05, 0.1) is 19.8 Å². The zero-order chi connectivity index (χ0) is 23.2. The van der Waals surface area contributed by atoms with Gasteiger partial charge in [0.15, 0.2) is 6.29 Å². The Labute approximate surface area is 200 Å². The molecule has 1 unspecified atom stereocenters. The number of likely N-dealkylation sites (tertiary alicyclic amines) is 1. The Bertz CT molecular complexity index is 748. The van der Waals surface area contributed by atoms with Gasteiger partial charge in [0.2, 0.25) is 0 Å². The Balaban J connectivity index is 1.29. The number of nitrogens with zero attached hydrogens (tertiary/aromatic N) is 1. The molecule has 5 fully saturated rings. The predicted molar refractivity (Wildman–Crippen MR) is 129 cm³/mol. The van der Waals surface area contributed by atoms with E-state index in [2.05, 4.69) is 25.3 Å². The third kappa shape index (κ3) is 4.10. The maximum absolute atomic E-state index is 12.2. The number of allylic oxidation sites excluding steroid dienone is 1. The second-order valence-electron chi connectivity index (χ2n) is 12.2. The number of fused-ring (bicyclic) bond motifs is 3. The van der Waals surface area contributed by atoms with Crippen molar-refractivity contribution in [3.05, 3.63) is 12.2 Å².